The molecule has 0 spiro atoms. The lowest BCUT2D eigenvalue weighted by molar-refractivity contribution is 0.0438. The third-order valence-corrected chi connectivity index (χ3v) is 4.31. The summed E-state index contributed by atoms with van der Waals surface area (Å²) in [6, 6.07) is 10.9. The molecular formula is C19H20Cl2O5. The average Bonchev–Trinajstić information content (AvgIpc) is 2.69. The van der Waals surface area contributed by atoms with E-state index in [1.807, 2.05) is 24.3 Å². The number of rotatable bonds is 8. The normalized spacial score (nSPS) is 10.3. The number of alkyl halides is 2. The van der Waals surface area contributed by atoms with E-state index in [9.17, 15) is 4.79 Å². The third-order valence-electron chi connectivity index (χ3n) is 3.69. The van der Waals surface area contributed by atoms with E-state index in [-0.39, 0.29) is 13.2 Å². The Morgan fingerprint density at radius 1 is 0.808 bits per heavy atom. The maximum atomic E-state index is 11.9. The van der Waals surface area contributed by atoms with Crippen molar-refractivity contribution in [1.82, 2.24) is 0 Å². The van der Waals surface area contributed by atoms with E-state index in [1.54, 1.807) is 26.4 Å². The molecule has 2 aromatic carbocycles. The van der Waals surface area contributed by atoms with E-state index in [2.05, 4.69) is 0 Å². The zero-order chi connectivity index (χ0) is 18.9. The Kier molecular flexibility index (Phi) is 7.88. The minimum Gasteiger partial charge on any atom is -0.496 e. The zero-order valence-corrected chi connectivity index (χ0v) is 16.1. The van der Waals surface area contributed by atoms with Crippen molar-refractivity contribution in [2.24, 2.45) is 0 Å². The van der Waals surface area contributed by atoms with Gasteiger partial charge >= 0.3 is 6.16 Å². The Morgan fingerprint density at radius 3 is 1.58 bits per heavy atom. The molecule has 26 heavy (non-hydrogen) atoms. The van der Waals surface area contributed by atoms with Crippen LogP contribution in [0.1, 0.15) is 22.3 Å². The summed E-state index contributed by atoms with van der Waals surface area (Å²) in [6.07, 6.45) is -0.790. The van der Waals surface area contributed by atoms with Gasteiger partial charge in [0.25, 0.3) is 0 Å². The number of methoxy groups -OCH3 is 2. The highest BCUT2D eigenvalue weighted by molar-refractivity contribution is 6.17. The molecule has 0 unspecified atom stereocenters. The third kappa shape index (κ3) is 5.44. The summed E-state index contributed by atoms with van der Waals surface area (Å²) >= 11 is 11.7. The lowest BCUT2D eigenvalue weighted by atomic mass is 10.1. The molecule has 0 amide bonds. The van der Waals surface area contributed by atoms with E-state index < -0.39 is 6.16 Å². The van der Waals surface area contributed by atoms with Crippen LogP contribution in [0.15, 0.2) is 36.4 Å². The van der Waals surface area contributed by atoms with E-state index in [1.165, 1.54) is 0 Å². The summed E-state index contributed by atoms with van der Waals surface area (Å²) in [5.74, 6) is 1.95. The topological polar surface area (TPSA) is 54.0 Å². The number of carbonyl (C=O) groups excluding carboxylic acids is 1. The first-order valence-electron chi connectivity index (χ1n) is 7.84. The van der Waals surface area contributed by atoms with Gasteiger partial charge in [0.05, 0.1) is 14.2 Å². The fourth-order valence-electron chi connectivity index (χ4n) is 2.37. The second-order valence-electron chi connectivity index (χ2n) is 5.39. The van der Waals surface area contributed by atoms with Crippen LogP contribution < -0.4 is 9.47 Å². The van der Waals surface area contributed by atoms with Crippen LogP contribution in [0.3, 0.4) is 0 Å². The number of ether oxygens (including phenoxy) is 4. The van der Waals surface area contributed by atoms with Crippen molar-refractivity contribution in [2.45, 2.75) is 25.0 Å². The highest BCUT2D eigenvalue weighted by Gasteiger charge is 2.12. The van der Waals surface area contributed by atoms with Crippen molar-refractivity contribution >= 4 is 29.4 Å². The second kappa shape index (κ2) is 10.1. The minimum absolute atomic E-state index is 0.0194. The van der Waals surface area contributed by atoms with Crippen LogP contribution in [0.2, 0.25) is 0 Å². The van der Waals surface area contributed by atoms with Crippen molar-refractivity contribution in [1.29, 1.82) is 0 Å². The van der Waals surface area contributed by atoms with Crippen LogP contribution in [0, 0.1) is 0 Å². The predicted molar refractivity (Wildman–Crippen MR) is 100 cm³/mol. The van der Waals surface area contributed by atoms with Gasteiger partial charge in [-0.15, -0.1) is 23.2 Å². The lowest BCUT2D eigenvalue weighted by Gasteiger charge is -2.12. The molecule has 0 N–H and O–H groups in total. The summed E-state index contributed by atoms with van der Waals surface area (Å²) in [6.45, 7) is 0.0389. The molecule has 5 nitrogen and oxygen atoms in total. The van der Waals surface area contributed by atoms with Gasteiger partial charge in [-0.05, 0) is 35.4 Å². The first kappa shape index (κ1) is 20.2. The minimum atomic E-state index is -0.790. The highest BCUT2D eigenvalue weighted by Crippen LogP contribution is 2.23. The van der Waals surface area contributed by atoms with Crippen LogP contribution >= 0.6 is 23.2 Å². The molecule has 0 fully saturated rings. The van der Waals surface area contributed by atoms with Crippen molar-refractivity contribution < 1.29 is 23.7 Å². The Balaban J connectivity index is 1.96. The molecule has 0 heterocycles. The summed E-state index contributed by atoms with van der Waals surface area (Å²) in [7, 11) is 3.10. The van der Waals surface area contributed by atoms with Crippen molar-refractivity contribution in [2.75, 3.05) is 14.2 Å². The van der Waals surface area contributed by atoms with Gasteiger partial charge in [-0.3, -0.25) is 0 Å². The Bertz CT molecular complexity index is 687. The largest absolute Gasteiger partial charge is 0.508 e. The zero-order valence-electron chi connectivity index (χ0n) is 14.6. The number of hydrogen-bond donors (Lipinski definition) is 0. The van der Waals surface area contributed by atoms with Gasteiger partial charge in [-0.2, -0.15) is 0 Å². The van der Waals surface area contributed by atoms with Crippen LogP contribution in [-0.2, 0) is 34.4 Å². The molecule has 0 aliphatic rings. The van der Waals surface area contributed by atoms with Crippen LogP contribution in [-0.4, -0.2) is 20.4 Å². The van der Waals surface area contributed by atoms with Crippen molar-refractivity contribution in [3.05, 3.63) is 58.7 Å². The molecule has 0 radical (unpaired) electrons. The standard InChI is InChI=1S/C19H20Cl2O5/c1-23-17-5-3-13(9-20)7-15(17)11-25-19(22)26-12-16-8-14(10-21)4-6-18(16)24-2/h3-8H,9-12H2,1-2H3. The van der Waals surface area contributed by atoms with Crippen molar-refractivity contribution in [3.63, 3.8) is 0 Å². The number of benzene rings is 2. The van der Waals surface area contributed by atoms with Crippen LogP contribution in [0.5, 0.6) is 11.5 Å². The molecule has 2 rings (SSSR count). The predicted octanol–water partition coefficient (Wildman–Crippen LogP) is 5.03. The van der Waals surface area contributed by atoms with Crippen LogP contribution in [0.25, 0.3) is 0 Å². The molecule has 7 heteroatoms. The van der Waals surface area contributed by atoms with E-state index >= 15 is 0 Å². The monoisotopic (exact) mass is 398 g/mol. The molecule has 0 saturated carbocycles. The second-order valence-corrected chi connectivity index (χ2v) is 5.92. The van der Waals surface area contributed by atoms with Crippen LogP contribution in [0.4, 0.5) is 4.79 Å². The number of halogens is 2. The van der Waals surface area contributed by atoms with Gasteiger partial charge < -0.3 is 18.9 Å². The molecule has 0 atom stereocenters. The van der Waals surface area contributed by atoms with Crippen molar-refractivity contribution in [3.8, 4) is 11.5 Å². The quantitative estimate of drug-likeness (QED) is 0.460. The average molecular weight is 399 g/mol. The molecule has 0 bridgehead atoms. The number of hydrogen-bond acceptors (Lipinski definition) is 5. The van der Waals surface area contributed by atoms with E-state index in [4.69, 9.17) is 42.1 Å². The molecular weight excluding hydrogens is 379 g/mol. The Morgan fingerprint density at radius 2 is 1.23 bits per heavy atom. The molecule has 0 saturated heterocycles. The summed E-state index contributed by atoms with van der Waals surface area (Å²) in [5, 5.41) is 0. The van der Waals surface area contributed by atoms with E-state index in [0.29, 0.717) is 34.4 Å². The summed E-state index contributed by atoms with van der Waals surface area (Å²) in [4.78, 5) is 11.9. The van der Waals surface area contributed by atoms with Gasteiger partial charge in [-0.25, -0.2) is 4.79 Å². The summed E-state index contributed by atoms with van der Waals surface area (Å²) in [5.41, 5.74) is 3.23. The lowest BCUT2D eigenvalue weighted by Crippen LogP contribution is -2.09. The van der Waals surface area contributed by atoms with E-state index in [0.717, 1.165) is 11.1 Å². The highest BCUT2D eigenvalue weighted by atomic mass is 35.5. The van der Waals surface area contributed by atoms with Gasteiger partial charge in [0.2, 0.25) is 0 Å². The van der Waals surface area contributed by atoms with Gasteiger partial charge in [0.1, 0.15) is 24.7 Å². The molecule has 2 aromatic rings. The Hall–Kier alpha value is -2.11. The molecule has 0 aliphatic carbocycles. The van der Waals surface area contributed by atoms with Gasteiger partial charge in [0, 0.05) is 22.9 Å². The number of carbonyl (C=O) groups is 1. The van der Waals surface area contributed by atoms with Gasteiger partial charge in [0.15, 0.2) is 0 Å². The Labute approximate surface area is 162 Å². The first-order chi connectivity index (χ1) is 12.6. The molecule has 0 aromatic heterocycles. The maximum Gasteiger partial charge on any atom is 0.508 e. The van der Waals surface area contributed by atoms with Gasteiger partial charge in [-0.1, -0.05) is 12.1 Å². The fraction of sp³-hybridized carbons (Fsp3) is 0.316. The maximum absolute atomic E-state index is 11.9. The SMILES string of the molecule is COc1ccc(CCl)cc1COC(=O)OCc1cc(CCl)ccc1OC. The molecule has 0 aliphatic heterocycles. The molecule has 140 valence electrons. The first-order valence-corrected chi connectivity index (χ1v) is 8.91. The summed E-state index contributed by atoms with van der Waals surface area (Å²) < 4.78 is 20.9. The smallest absolute Gasteiger partial charge is 0.496 e. The fourth-order valence-corrected chi connectivity index (χ4v) is 2.70.